The summed E-state index contributed by atoms with van der Waals surface area (Å²) < 4.78 is 7.08. The molecule has 1 N–H and O–H groups in total. The third kappa shape index (κ3) is 3.05. The number of carbonyl (C=O) groups excluding carboxylic acids is 1. The zero-order valence-corrected chi connectivity index (χ0v) is 14.8. The summed E-state index contributed by atoms with van der Waals surface area (Å²) in [5.41, 5.74) is 2.59. The van der Waals surface area contributed by atoms with Gasteiger partial charge in [0.05, 0.1) is 42.6 Å². The number of fused-ring (bicyclic) bond motifs is 1. The largest absolute Gasteiger partial charge is 0.493 e. The molecule has 134 valence electrons. The zero-order chi connectivity index (χ0) is 18.1. The van der Waals surface area contributed by atoms with Crippen molar-refractivity contribution in [1.29, 1.82) is 0 Å². The summed E-state index contributed by atoms with van der Waals surface area (Å²) >= 11 is 0. The molecule has 0 spiro atoms. The lowest BCUT2D eigenvalue weighted by molar-refractivity contribution is 0.102. The molecule has 0 aliphatic carbocycles. The van der Waals surface area contributed by atoms with Gasteiger partial charge in [0.1, 0.15) is 11.5 Å². The van der Waals surface area contributed by atoms with E-state index in [9.17, 15) is 4.79 Å². The van der Waals surface area contributed by atoms with Crippen molar-refractivity contribution in [2.45, 2.75) is 19.8 Å². The van der Waals surface area contributed by atoms with E-state index in [-0.39, 0.29) is 11.6 Å². The number of ether oxygens (including phenoxy) is 1. The minimum Gasteiger partial charge on any atom is -0.493 e. The molecule has 8 heteroatoms. The lowest BCUT2D eigenvalue weighted by Gasteiger charge is -2.15. The maximum Gasteiger partial charge on any atom is 0.275 e. The van der Waals surface area contributed by atoms with Gasteiger partial charge in [0.2, 0.25) is 0 Å². The summed E-state index contributed by atoms with van der Waals surface area (Å²) in [6.45, 7) is 3.89. The first-order valence-electron chi connectivity index (χ1n) is 8.56. The normalized spacial score (nSPS) is 14.0. The molecular weight excluding hydrogens is 332 g/mol. The van der Waals surface area contributed by atoms with Gasteiger partial charge in [0, 0.05) is 13.1 Å². The van der Waals surface area contributed by atoms with E-state index in [1.807, 2.05) is 19.1 Å². The van der Waals surface area contributed by atoms with Crippen molar-refractivity contribution in [3.8, 4) is 5.75 Å². The van der Waals surface area contributed by atoms with Gasteiger partial charge in [-0.2, -0.15) is 5.10 Å². The van der Waals surface area contributed by atoms with Crippen LogP contribution in [-0.4, -0.2) is 45.7 Å². The van der Waals surface area contributed by atoms with E-state index in [1.54, 1.807) is 24.0 Å². The molecule has 0 radical (unpaired) electrons. The van der Waals surface area contributed by atoms with Crippen LogP contribution in [0.3, 0.4) is 0 Å². The summed E-state index contributed by atoms with van der Waals surface area (Å²) in [5, 5.41) is 7.19. The Morgan fingerprint density at radius 1 is 1.19 bits per heavy atom. The van der Waals surface area contributed by atoms with Gasteiger partial charge in [-0.3, -0.25) is 4.79 Å². The average molecular weight is 352 g/mol. The fourth-order valence-corrected chi connectivity index (χ4v) is 3.14. The van der Waals surface area contributed by atoms with Crippen molar-refractivity contribution in [2.24, 2.45) is 0 Å². The zero-order valence-electron chi connectivity index (χ0n) is 14.8. The fraction of sp³-hybridized carbons (Fsp3) is 0.333. The Kier molecular flexibility index (Phi) is 4.16. The molecule has 26 heavy (non-hydrogen) atoms. The molecule has 1 saturated heterocycles. The van der Waals surface area contributed by atoms with Gasteiger partial charge in [-0.15, -0.1) is 0 Å². The minimum absolute atomic E-state index is 0.263. The van der Waals surface area contributed by atoms with E-state index < -0.39 is 0 Å². The van der Waals surface area contributed by atoms with Crippen LogP contribution in [0, 0.1) is 6.92 Å². The number of aromatic nitrogens is 4. The van der Waals surface area contributed by atoms with Crippen molar-refractivity contribution in [3.05, 3.63) is 42.1 Å². The van der Waals surface area contributed by atoms with Gasteiger partial charge in [0.25, 0.3) is 5.91 Å². The van der Waals surface area contributed by atoms with Gasteiger partial charge >= 0.3 is 0 Å². The van der Waals surface area contributed by atoms with Gasteiger partial charge in [-0.05, 0) is 31.9 Å². The Labute approximate surface area is 150 Å². The number of carbonyl (C=O) groups is 1. The van der Waals surface area contributed by atoms with Gasteiger partial charge < -0.3 is 15.0 Å². The molecule has 1 aliphatic heterocycles. The lowest BCUT2D eigenvalue weighted by atomic mass is 10.3. The standard InChI is InChI=1S/C18H20N6O2/c1-12-7-13-8-14(16(26-2)11-24(13)22-12)21-18(25)15-9-20-17(10-19-15)23-5-3-4-6-23/h7-11H,3-6H2,1-2H3,(H,21,25). The number of anilines is 2. The van der Waals surface area contributed by atoms with Crippen LogP contribution in [0.25, 0.3) is 5.52 Å². The molecule has 1 aliphatic rings. The van der Waals surface area contributed by atoms with Gasteiger partial charge in [0.15, 0.2) is 5.75 Å². The lowest BCUT2D eigenvalue weighted by Crippen LogP contribution is -2.20. The number of aryl methyl sites for hydroxylation is 1. The monoisotopic (exact) mass is 352 g/mol. The molecule has 8 nitrogen and oxygen atoms in total. The number of nitrogens with zero attached hydrogens (tertiary/aromatic N) is 5. The van der Waals surface area contributed by atoms with Crippen molar-refractivity contribution in [1.82, 2.24) is 19.6 Å². The van der Waals surface area contributed by atoms with Crippen LogP contribution < -0.4 is 15.0 Å². The van der Waals surface area contributed by atoms with E-state index in [4.69, 9.17) is 4.74 Å². The van der Waals surface area contributed by atoms with E-state index in [2.05, 4.69) is 25.3 Å². The van der Waals surface area contributed by atoms with Crippen molar-refractivity contribution in [3.63, 3.8) is 0 Å². The molecule has 4 rings (SSSR count). The van der Waals surface area contributed by atoms with E-state index in [0.29, 0.717) is 11.4 Å². The molecule has 3 aromatic rings. The highest BCUT2D eigenvalue weighted by molar-refractivity contribution is 6.03. The van der Waals surface area contributed by atoms with Gasteiger partial charge in [-0.25, -0.2) is 14.5 Å². The Bertz CT molecular complexity index is 944. The summed E-state index contributed by atoms with van der Waals surface area (Å²) in [4.78, 5) is 23.4. The summed E-state index contributed by atoms with van der Waals surface area (Å²) in [6.07, 6.45) is 7.23. The fourth-order valence-electron chi connectivity index (χ4n) is 3.14. The van der Waals surface area contributed by atoms with E-state index in [1.165, 1.54) is 19.0 Å². The van der Waals surface area contributed by atoms with Crippen molar-refractivity contribution in [2.75, 3.05) is 30.4 Å². The predicted molar refractivity (Wildman–Crippen MR) is 97.9 cm³/mol. The smallest absolute Gasteiger partial charge is 0.275 e. The minimum atomic E-state index is -0.329. The Morgan fingerprint density at radius 2 is 2.00 bits per heavy atom. The average Bonchev–Trinajstić information content (AvgIpc) is 3.29. The SMILES string of the molecule is COc1cn2nc(C)cc2cc1NC(=O)c1cnc(N2CCCC2)cn1. The van der Waals surface area contributed by atoms with Crippen molar-refractivity contribution < 1.29 is 9.53 Å². The molecular formula is C18H20N6O2. The molecule has 3 aromatic heterocycles. The number of amides is 1. The molecule has 1 fully saturated rings. The highest BCUT2D eigenvalue weighted by Gasteiger charge is 2.16. The van der Waals surface area contributed by atoms with Crippen LogP contribution in [0.4, 0.5) is 11.5 Å². The van der Waals surface area contributed by atoms with Gasteiger partial charge in [-0.1, -0.05) is 0 Å². The molecule has 1 amide bonds. The molecule has 0 unspecified atom stereocenters. The van der Waals surface area contributed by atoms with E-state index >= 15 is 0 Å². The molecule has 0 atom stereocenters. The third-order valence-electron chi connectivity index (χ3n) is 4.45. The first-order valence-corrected chi connectivity index (χ1v) is 8.56. The number of hydrogen-bond donors (Lipinski definition) is 1. The molecule has 0 aromatic carbocycles. The Hall–Kier alpha value is -3.16. The molecule has 0 bridgehead atoms. The Morgan fingerprint density at radius 3 is 2.69 bits per heavy atom. The third-order valence-corrected chi connectivity index (χ3v) is 4.45. The van der Waals surface area contributed by atoms with Crippen LogP contribution in [0.1, 0.15) is 29.0 Å². The first-order chi connectivity index (χ1) is 12.6. The van der Waals surface area contributed by atoms with Crippen LogP contribution in [0.5, 0.6) is 5.75 Å². The topological polar surface area (TPSA) is 84.7 Å². The van der Waals surface area contributed by atoms with Crippen LogP contribution >= 0.6 is 0 Å². The second-order valence-electron chi connectivity index (χ2n) is 6.32. The molecule has 0 saturated carbocycles. The Balaban J connectivity index is 1.56. The van der Waals surface area contributed by atoms with E-state index in [0.717, 1.165) is 30.1 Å². The van der Waals surface area contributed by atoms with Crippen LogP contribution in [-0.2, 0) is 0 Å². The maximum absolute atomic E-state index is 12.6. The highest BCUT2D eigenvalue weighted by Crippen LogP contribution is 2.26. The summed E-state index contributed by atoms with van der Waals surface area (Å²) in [7, 11) is 1.55. The number of nitrogens with one attached hydrogen (secondary N) is 1. The maximum atomic E-state index is 12.6. The highest BCUT2D eigenvalue weighted by atomic mass is 16.5. The summed E-state index contributed by atoms with van der Waals surface area (Å²) in [5.74, 6) is 1.01. The quantitative estimate of drug-likeness (QED) is 0.775. The number of methoxy groups -OCH3 is 1. The first kappa shape index (κ1) is 16.3. The van der Waals surface area contributed by atoms with Crippen molar-refractivity contribution >= 4 is 22.9 Å². The number of rotatable bonds is 4. The number of pyridine rings is 1. The predicted octanol–water partition coefficient (Wildman–Crippen LogP) is 2.29. The molecule has 4 heterocycles. The second kappa shape index (κ2) is 6.62. The summed E-state index contributed by atoms with van der Waals surface area (Å²) in [6, 6.07) is 3.75. The second-order valence-corrected chi connectivity index (χ2v) is 6.32. The number of hydrogen-bond acceptors (Lipinski definition) is 6. The van der Waals surface area contributed by atoms with Crippen LogP contribution in [0.15, 0.2) is 30.7 Å². The van der Waals surface area contributed by atoms with Crippen LogP contribution in [0.2, 0.25) is 0 Å².